The van der Waals surface area contributed by atoms with Crippen molar-refractivity contribution in [3.8, 4) is 5.75 Å². The van der Waals surface area contributed by atoms with Crippen LogP contribution in [-0.2, 0) is 19.6 Å². The molecule has 0 saturated carbocycles. The topological polar surface area (TPSA) is 113 Å². The number of nitrogens with one attached hydrogen (secondary N) is 1. The van der Waals surface area contributed by atoms with E-state index in [4.69, 9.17) is 4.74 Å². The molecular weight excluding hydrogens is 408 g/mol. The van der Waals surface area contributed by atoms with E-state index in [0.29, 0.717) is 23.5 Å². The smallest absolute Gasteiger partial charge is 0.305 e. The molecule has 3 rings (SSSR count). The molecule has 2 N–H and O–H groups in total. The Kier molecular flexibility index (Phi) is 6.14. The first-order chi connectivity index (χ1) is 14.1. The van der Waals surface area contributed by atoms with Gasteiger partial charge in [-0.15, -0.1) is 0 Å². The lowest BCUT2D eigenvalue weighted by Gasteiger charge is -2.33. The molecule has 0 spiro atoms. The highest BCUT2D eigenvalue weighted by atomic mass is 32.2. The number of aliphatic carboxylic acids is 1. The number of benzene rings is 2. The summed E-state index contributed by atoms with van der Waals surface area (Å²) in [7, 11) is -4.07. The summed E-state index contributed by atoms with van der Waals surface area (Å²) in [6.07, 6.45) is -0.627. The van der Waals surface area contributed by atoms with Gasteiger partial charge in [0.05, 0.1) is 29.6 Å². The Balaban J connectivity index is 1.98. The average Bonchev–Trinajstić information content (AvgIpc) is 2.66. The van der Waals surface area contributed by atoms with Gasteiger partial charge in [0.2, 0.25) is 15.9 Å². The summed E-state index contributed by atoms with van der Waals surface area (Å²) in [5, 5.41) is 9.29. The van der Waals surface area contributed by atoms with Crippen molar-refractivity contribution in [3.05, 3.63) is 53.6 Å². The predicted molar refractivity (Wildman–Crippen MR) is 111 cm³/mol. The molecule has 0 saturated heterocycles. The van der Waals surface area contributed by atoms with Crippen molar-refractivity contribution in [1.29, 1.82) is 0 Å². The van der Waals surface area contributed by atoms with E-state index < -0.39 is 28.5 Å². The number of amides is 1. The van der Waals surface area contributed by atoms with Crippen molar-refractivity contribution in [2.45, 2.75) is 44.2 Å². The number of nitrogens with zero attached hydrogens (tertiary/aromatic N) is 1. The molecule has 1 aliphatic rings. The molecule has 1 aliphatic heterocycles. The van der Waals surface area contributed by atoms with Gasteiger partial charge in [0.15, 0.2) is 0 Å². The molecular formula is C21H24N2O6S. The Bertz CT molecular complexity index is 1080. The van der Waals surface area contributed by atoms with Gasteiger partial charge in [0.1, 0.15) is 11.9 Å². The van der Waals surface area contributed by atoms with Crippen molar-refractivity contribution in [1.82, 2.24) is 4.72 Å². The summed E-state index contributed by atoms with van der Waals surface area (Å²) >= 11 is 0. The fraction of sp³-hybridized carbons (Fsp3) is 0.333. The Morgan fingerprint density at radius 2 is 1.97 bits per heavy atom. The van der Waals surface area contributed by atoms with Gasteiger partial charge in [0.25, 0.3) is 0 Å². The van der Waals surface area contributed by atoms with Gasteiger partial charge in [-0.25, -0.2) is 13.1 Å². The molecule has 9 heteroatoms. The largest absolute Gasteiger partial charge is 0.487 e. The van der Waals surface area contributed by atoms with Gasteiger partial charge in [0, 0.05) is 6.92 Å². The van der Waals surface area contributed by atoms with E-state index in [9.17, 15) is 23.1 Å². The lowest BCUT2D eigenvalue weighted by Crippen LogP contribution is -2.41. The number of rotatable bonds is 6. The normalized spacial score (nSPS) is 17.0. The zero-order chi connectivity index (χ0) is 22.1. The maximum Gasteiger partial charge on any atom is 0.305 e. The summed E-state index contributed by atoms with van der Waals surface area (Å²) in [6, 6.07) is 10.3. The molecule has 8 nitrogen and oxygen atoms in total. The first-order valence-electron chi connectivity index (χ1n) is 9.47. The third-order valence-corrected chi connectivity index (χ3v) is 6.39. The molecule has 0 aliphatic carbocycles. The molecule has 160 valence electrons. The minimum absolute atomic E-state index is 0.0744. The zero-order valence-corrected chi connectivity index (χ0v) is 17.8. The van der Waals surface area contributed by atoms with E-state index in [1.807, 2.05) is 6.92 Å². The number of hydrogen-bond donors (Lipinski definition) is 2. The number of aryl methyl sites for hydroxylation is 1. The third-order valence-electron chi connectivity index (χ3n) is 4.92. The zero-order valence-electron chi connectivity index (χ0n) is 17.0. The monoisotopic (exact) mass is 432 g/mol. The van der Waals surface area contributed by atoms with Crippen LogP contribution in [0.25, 0.3) is 0 Å². The molecule has 0 unspecified atom stereocenters. The van der Waals surface area contributed by atoms with Crippen LogP contribution in [0.5, 0.6) is 5.75 Å². The van der Waals surface area contributed by atoms with Crippen LogP contribution in [0.4, 0.5) is 5.69 Å². The van der Waals surface area contributed by atoms with Crippen LogP contribution < -0.4 is 14.4 Å². The van der Waals surface area contributed by atoms with Crippen molar-refractivity contribution in [3.63, 3.8) is 0 Å². The number of carboxylic acid groups (broad SMARTS) is 1. The second kappa shape index (κ2) is 8.45. The van der Waals surface area contributed by atoms with E-state index in [0.717, 1.165) is 5.56 Å². The minimum Gasteiger partial charge on any atom is -0.487 e. The van der Waals surface area contributed by atoms with Crippen molar-refractivity contribution in [2.24, 2.45) is 0 Å². The Morgan fingerprint density at radius 3 is 2.60 bits per heavy atom. The highest BCUT2D eigenvalue weighted by Gasteiger charge is 2.29. The Hall–Kier alpha value is -2.91. The van der Waals surface area contributed by atoms with Crippen molar-refractivity contribution in [2.75, 3.05) is 11.4 Å². The summed E-state index contributed by atoms with van der Waals surface area (Å²) in [6.45, 7) is 5.33. The maximum atomic E-state index is 13.1. The van der Waals surface area contributed by atoms with E-state index in [2.05, 4.69) is 4.72 Å². The molecule has 2 aromatic carbocycles. The maximum absolute atomic E-state index is 13.1. The number of sulfonamides is 1. The lowest BCUT2D eigenvalue weighted by molar-refractivity contribution is -0.137. The Morgan fingerprint density at radius 1 is 1.27 bits per heavy atom. The highest BCUT2D eigenvalue weighted by molar-refractivity contribution is 7.89. The summed E-state index contributed by atoms with van der Waals surface area (Å²) in [4.78, 5) is 24.8. The van der Waals surface area contributed by atoms with Gasteiger partial charge >= 0.3 is 5.97 Å². The number of carbonyl (C=O) groups is 2. The molecule has 0 radical (unpaired) electrons. The molecule has 0 bridgehead atoms. The second-order valence-corrected chi connectivity index (χ2v) is 9.03. The van der Waals surface area contributed by atoms with Crippen molar-refractivity contribution >= 4 is 27.6 Å². The number of hydrogen-bond acceptors (Lipinski definition) is 5. The van der Waals surface area contributed by atoms with Gasteiger partial charge in [-0.3, -0.25) is 9.59 Å². The van der Waals surface area contributed by atoms with Crippen LogP contribution in [0, 0.1) is 6.92 Å². The molecule has 0 aromatic heterocycles. The van der Waals surface area contributed by atoms with Gasteiger partial charge in [-0.2, -0.15) is 0 Å². The van der Waals surface area contributed by atoms with E-state index in [1.54, 1.807) is 31.2 Å². The van der Waals surface area contributed by atoms with Crippen LogP contribution in [0.15, 0.2) is 47.4 Å². The number of anilines is 1. The minimum atomic E-state index is -4.07. The summed E-state index contributed by atoms with van der Waals surface area (Å²) in [5.74, 6) is -0.928. The van der Waals surface area contributed by atoms with Crippen LogP contribution in [0.1, 0.15) is 37.4 Å². The van der Waals surface area contributed by atoms with Crippen LogP contribution in [0.2, 0.25) is 0 Å². The number of carbonyl (C=O) groups excluding carboxylic acids is 1. The number of fused-ring (bicyclic) bond motifs is 1. The highest BCUT2D eigenvalue weighted by Crippen LogP contribution is 2.36. The Labute approximate surface area is 175 Å². The first-order valence-corrected chi connectivity index (χ1v) is 11.0. The van der Waals surface area contributed by atoms with Crippen LogP contribution >= 0.6 is 0 Å². The van der Waals surface area contributed by atoms with E-state index in [-0.39, 0.29) is 16.9 Å². The van der Waals surface area contributed by atoms with E-state index in [1.165, 1.54) is 30.0 Å². The predicted octanol–water partition coefficient (Wildman–Crippen LogP) is 2.62. The molecule has 1 heterocycles. The van der Waals surface area contributed by atoms with Gasteiger partial charge in [-0.1, -0.05) is 24.3 Å². The summed E-state index contributed by atoms with van der Waals surface area (Å²) in [5.41, 5.74) is 1.74. The standard InChI is InChI=1S/C21H24N2O6S/c1-13-6-4-5-7-17(13)18(11-21(25)26)22-30(27,28)16-8-9-20-19(10-16)23(15(3)24)12-14(2)29-20/h4-10,14,18,22H,11-12H2,1-3H3,(H,25,26)/t14-,18-/m1/s1. The molecule has 0 fully saturated rings. The molecule has 2 atom stereocenters. The number of carboxylic acids is 1. The fourth-order valence-electron chi connectivity index (χ4n) is 3.51. The number of ether oxygens (including phenoxy) is 1. The average molecular weight is 432 g/mol. The first kappa shape index (κ1) is 21.8. The van der Waals surface area contributed by atoms with Crippen LogP contribution in [-0.4, -0.2) is 38.0 Å². The summed E-state index contributed by atoms with van der Waals surface area (Å²) < 4.78 is 34.4. The molecule has 30 heavy (non-hydrogen) atoms. The van der Waals surface area contributed by atoms with Gasteiger partial charge < -0.3 is 14.7 Å². The second-order valence-electron chi connectivity index (χ2n) is 7.32. The fourth-order valence-corrected chi connectivity index (χ4v) is 4.74. The molecule has 2 aromatic rings. The van der Waals surface area contributed by atoms with Crippen molar-refractivity contribution < 1.29 is 27.9 Å². The third kappa shape index (κ3) is 4.63. The SMILES string of the molecule is CC(=O)N1C[C@@H](C)Oc2ccc(S(=O)(=O)N[C@H](CC(=O)O)c3ccccc3C)cc21. The lowest BCUT2D eigenvalue weighted by atomic mass is 10.00. The molecule has 1 amide bonds. The van der Waals surface area contributed by atoms with E-state index >= 15 is 0 Å². The van der Waals surface area contributed by atoms with Gasteiger partial charge in [-0.05, 0) is 43.2 Å². The van der Waals surface area contributed by atoms with Crippen LogP contribution in [0.3, 0.4) is 0 Å². The quantitative estimate of drug-likeness (QED) is 0.726.